The fourth-order valence-electron chi connectivity index (χ4n) is 2.04. The molecule has 0 aliphatic rings. The van der Waals surface area contributed by atoms with Crippen molar-refractivity contribution in [2.75, 3.05) is 14.2 Å². The molecule has 2 rings (SSSR count). The average molecular weight is 279 g/mol. The Morgan fingerprint density at radius 3 is 2.20 bits per heavy atom. The van der Waals surface area contributed by atoms with E-state index in [9.17, 15) is 8.78 Å². The van der Waals surface area contributed by atoms with Gasteiger partial charge in [-0.25, -0.2) is 8.78 Å². The van der Waals surface area contributed by atoms with Gasteiger partial charge in [0.1, 0.15) is 11.6 Å². The summed E-state index contributed by atoms with van der Waals surface area (Å²) in [6.07, 6.45) is 0. The molecule has 0 aliphatic carbocycles. The van der Waals surface area contributed by atoms with E-state index in [-0.39, 0.29) is 12.1 Å². The largest absolute Gasteiger partial charge is 0.493 e. The number of nitrogens with two attached hydrogens (primary N) is 1. The molecule has 2 N–H and O–H groups in total. The highest BCUT2D eigenvalue weighted by Crippen LogP contribution is 2.36. The van der Waals surface area contributed by atoms with Crippen molar-refractivity contribution in [2.24, 2.45) is 5.73 Å². The maximum absolute atomic E-state index is 13.9. The van der Waals surface area contributed by atoms with Gasteiger partial charge in [0, 0.05) is 12.1 Å². The van der Waals surface area contributed by atoms with Crippen LogP contribution in [0.15, 0.2) is 30.3 Å². The van der Waals surface area contributed by atoms with Gasteiger partial charge in [-0.2, -0.15) is 0 Å². The summed E-state index contributed by atoms with van der Waals surface area (Å²) in [6, 6.07) is 6.55. The van der Waals surface area contributed by atoms with E-state index < -0.39 is 11.6 Å². The van der Waals surface area contributed by atoms with Crippen LogP contribution in [0.2, 0.25) is 0 Å². The van der Waals surface area contributed by atoms with Crippen molar-refractivity contribution in [1.82, 2.24) is 0 Å². The van der Waals surface area contributed by atoms with Crippen LogP contribution in [0.25, 0.3) is 11.1 Å². The molecule has 0 saturated heterocycles. The smallest absolute Gasteiger partial charge is 0.161 e. The van der Waals surface area contributed by atoms with Crippen molar-refractivity contribution in [3.8, 4) is 22.6 Å². The quantitative estimate of drug-likeness (QED) is 0.935. The van der Waals surface area contributed by atoms with E-state index in [2.05, 4.69) is 0 Å². The minimum atomic E-state index is -0.520. The van der Waals surface area contributed by atoms with E-state index in [1.165, 1.54) is 14.2 Å². The number of benzene rings is 2. The fourth-order valence-corrected chi connectivity index (χ4v) is 2.04. The Kier molecular flexibility index (Phi) is 4.20. The first kappa shape index (κ1) is 14.3. The van der Waals surface area contributed by atoms with E-state index in [1.807, 2.05) is 0 Å². The number of hydrogen-bond acceptors (Lipinski definition) is 3. The lowest BCUT2D eigenvalue weighted by molar-refractivity contribution is 0.354. The number of methoxy groups -OCH3 is 2. The zero-order valence-electron chi connectivity index (χ0n) is 11.2. The third-order valence-electron chi connectivity index (χ3n) is 3.05. The molecule has 0 heterocycles. The van der Waals surface area contributed by atoms with Gasteiger partial charge in [0.15, 0.2) is 11.5 Å². The summed E-state index contributed by atoms with van der Waals surface area (Å²) in [5, 5.41) is 0. The van der Waals surface area contributed by atoms with Crippen molar-refractivity contribution in [2.45, 2.75) is 6.54 Å². The molecule has 0 amide bonds. The first-order chi connectivity index (χ1) is 9.60. The summed E-state index contributed by atoms with van der Waals surface area (Å²) in [5.74, 6) is -0.107. The molecule has 0 aliphatic heterocycles. The number of rotatable bonds is 4. The number of hydrogen-bond donors (Lipinski definition) is 1. The molecule has 20 heavy (non-hydrogen) atoms. The van der Waals surface area contributed by atoms with Crippen LogP contribution in [-0.2, 0) is 6.54 Å². The highest BCUT2D eigenvalue weighted by molar-refractivity contribution is 5.72. The van der Waals surface area contributed by atoms with E-state index in [0.717, 1.165) is 18.2 Å². The molecule has 2 aromatic carbocycles. The maximum atomic E-state index is 13.9. The number of ether oxygens (including phenoxy) is 2. The molecule has 3 nitrogen and oxygen atoms in total. The van der Waals surface area contributed by atoms with Gasteiger partial charge in [-0.3, -0.25) is 0 Å². The summed E-state index contributed by atoms with van der Waals surface area (Å²) < 4.78 is 37.6. The van der Waals surface area contributed by atoms with Crippen molar-refractivity contribution in [3.05, 3.63) is 47.5 Å². The first-order valence-electron chi connectivity index (χ1n) is 6.01. The Bertz CT molecular complexity index is 630. The van der Waals surface area contributed by atoms with Gasteiger partial charge < -0.3 is 15.2 Å². The molecule has 0 bridgehead atoms. The standard InChI is InChI=1S/C15H15F2NO2/c1-19-14-5-9(8-18)11(7-15(14)20-2)12-6-10(16)3-4-13(12)17/h3-7H,8,18H2,1-2H3. The lowest BCUT2D eigenvalue weighted by atomic mass is 9.98. The predicted molar refractivity (Wildman–Crippen MR) is 72.8 cm³/mol. The van der Waals surface area contributed by atoms with Gasteiger partial charge in [0.05, 0.1) is 14.2 Å². The van der Waals surface area contributed by atoms with Crippen LogP contribution in [0.5, 0.6) is 11.5 Å². The van der Waals surface area contributed by atoms with Crippen LogP contribution in [0.1, 0.15) is 5.56 Å². The van der Waals surface area contributed by atoms with Gasteiger partial charge >= 0.3 is 0 Å². The summed E-state index contributed by atoms with van der Waals surface area (Å²) in [4.78, 5) is 0. The maximum Gasteiger partial charge on any atom is 0.161 e. The third kappa shape index (κ3) is 2.58. The molecule has 0 atom stereocenters. The Morgan fingerprint density at radius 1 is 0.950 bits per heavy atom. The molecule has 0 saturated carbocycles. The van der Waals surface area contributed by atoms with E-state index in [0.29, 0.717) is 22.6 Å². The topological polar surface area (TPSA) is 44.5 Å². The molecule has 0 unspecified atom stereocenters. The second-order valence-electron chi connectivity index (χ2n) is 4.19. The molecule has 0 fully saturated rings. The summed E-state index contributed by atoms with van der Waals surface area (Å²) >= 11 is 0. The summed E-state index contributed by atoms with van der Waals surface area (Å²) in [5.41, 5.74) is 6.96. The lowest BCUT2D eigenvalue weighted by Gasteiger charge is -2.14. The Hall–Kier alpha value is -2.14. The van der Waals surface area contributed by atoms with Crippen LogP contribution < -0.4 is 15.2 Å². The highest BCUT2D eigenvalue weighted by Gasteiger charge is 2.15. The van der Waals surface area contributed by atoms with Crippen LogP contribution in [-0.4, -0.2) is 14.2 Å². The Balaban J connectivity index is 2.69. The van der Waals surface area contributed by atoms with Crippen molar-refractivity contribution >= 4 is 0 Å². The Morgan fingerprint density at radius 2 is 1.60 bits per heavy atom. The molecular weight excluding hydrogens is 264 g/mol. The monoisotopic (exact) mass is 279 g/mol. The first-order valence-corrected chi connectivity index (χ1v) is 6.01. The molecule has 5 heteroatoms. The van der Waals surface area contributed by atoms with Crippen molar-refractivity contribution < 1.29 is 18.3 Å². The SMILES string of the molecule is COc1cc(CN)c(-c2cc(F)ccc2F)cc1OC. The zero-order chi connectivity index (χ0) is 14.7. The van der Waals surface area contributed by atoms with Crippen molar-refractivity contribution in [1.29, 1.82) is 0 Å². The molecule has 0 radical (unpaired) electrons. The fraction of sp³-hybridized carbons (Fsp3) is 0.200. The van der Waals surface area contributed by atoms with Gasteiger partial charge in [-0.1, -0.05) is 0 Å². The van der Waals surface area contributed by atoms with Gasteiger partial charge in [-0.05, 0) is 41.5 Å². The molecule has 0 spiro atoms. The second kappa shape index (κ2) is 5.88. The molecule has 0 aromatic heterocycles. The van der Waals surface area contributed by atoms with E-state index in [4.69, 9.17) is 15.2 Å². The van der Waals surface area contributed by atoms with Gasteiger partial charge in [0.25, 0.3) is 0 Å². The zero-order valence-corrected chi connectivity index (χ0v) is 11.2. The van der Waals surface area contributed by atoms with Crippen LogP contribution >= 0.6 is 0 Å². The average Bonchev–Trinajstić information content (AvgIpc) is 2.48. The third-order valence-corrected chi connectivity index (χ3v) is 3.05. The van der Waals surface area contributed by atoms with Gasteiger partial charge in [0.2, 0.25) is 0 Å². The minimum absolute atomic E-state index is 0.145. The normalized spacial score (nSPS) is 10.4. The van der Waals surface area contributed by atoms with Crippen molar-refractivity contribution in [3.63, 3.8) is 0 Å². The van der Waals surface area contributed by atoms with E-state index in [1.54, 1.807) is 12.1 Å². The second-order valence-corrected chi connectivity index (χ2v) is 4.19. The molecular formula is C15H15F2NO2. The minimum Gasteiger partial charge on any atom is -0.493 e. The Labute approximate surface area is 115 Å². The summed E-state index contributed by atoms with van der Waals surface area (Å²) in [7, 11) is 2.98. The van der Waals surface area contributed by atoms with Gasteiger partial charge in [-0.15, -0.1) is 0 Å². The lowest BCUT2D eigenvalue weighted by Crippen LogP contribution is -2.02. The van der Waals surface area contributed by atoms with E-state index >= 15 is 0 Å². The highest BCUT2D eigenvalue weighted by atomic mass is 19.1. The number of halogens is 2. The predicted octanol–water partition coefficient (Wildman–Crippen LogP) is 3.11. The molecule has 106 valence electrons. The summed E-state index contributed by atoms with van der Waals surface area (Å²) in [6.45, 7) is 0.172. The van der Waals surface area contributed by atoms with Crippen LogP contribution in [0, 0.1) is 11.6 Å². The van der Waals surface area contributed by atoms with Crippen LogP contribution in [0.3, 0.4) is 0 Å². The van der Waals surface area contributed by atoms with Crippen LogP contribution in [0.4, 0.5) is 8.78 Å². The molecule has 2 aromatic rings.